The van der Waals surface area contributed by atoms with Crippen LogP contribution in [0.5, 0.6) is 0 Å². The first-order valence-electron chi connectivity index (χ1n) is 11.2. The van der Waals surface area contributed by atoms with E-state index in [0.29, 0.717) is 18.8 Å². The van der Waals surface area contributed by atoms with Crippen molar-refractivity contribution >= 4 is 17.6 Å². The van der Waals surface area contributed by atoms with E-state index in [9.17, 15) is 9.90 Å². The molecule has 164 valence electrons. The fourth-order valence-electron chi connectivity index (χ4n) is 4.42. The molecule has 4 heteroatoms. The maximum Gasteiger partial charge on any atom is 0.306 e. The molecule has 1 aromatic carbocycles. The molecular formula is C25H39ClO3. The Hall–Kier alpha value is -1.06. The number of benzene rings is 1. The highest BCUT2D eigenvalue weighted by Crippen LogP contribution is 2.45. The minimum Gasteiger partial charge on any atom is -0.463 e. The van der Waals surface area contributed by atoms with Crippen LogP contribution >= 0.6 is 11.6 Å². The van der Waals surface area contributed by atoms with Crippen LogP contribution < -0.4 is 0 Å². The molecular weight excluding hydrogens is 384 g/mol. The molecule has 0 heterocycles. The van der Waals surface area contributed by atoms with Gasteiger partial charge in [0.1, 0.15) is 0 Å². The van der Waals surface area contributed by atoms with E-state index in [2.05, 4.69) is 45.0 Å². The molecule has 0 spiro atoms. The number of carbonyl (C=O) groups excluding carboxylic acids is 1. The van der Waals surface area contributed by atoms with Crippen LogP contribution in [0.4, 0.5) is 0 Å². The quantitative estimate of drug-likeness (QED) is 0.286. The summed E-state index contributed by atoms with van der Waals surface area (Å²) in [7, 11) is 0. The lowest BCUT2D eigenvalue weighted by atomic mass is 9.81. The third-order valence-corrected chi connectivity index (χ3v) is 6.51. The summed E-state index contributed by atoms with van der Waals surface area (Å²) in [6, 6.07) is 8.74. The fraction of sp³-hybridized carbons (Fsp3) is 0.720. The highest BCUT2D eigenvalue weighted by Gasteiger charge is 2.41. The van der Waals surface area contributed by atoms with Crippen molar-refractivity contribution in [1.29, 1.82) is 0 Å². The Morgan fingerprint density at radius 1 is 1.14 bits per heavy atom. The van der Waals surface area contributed by atoms with Crippen LogP contribution in [0, 0.1) is 5.92 Å². The number of esters is 1. The van der Waals surface area contributed by atoms with Gasteiger partial charge in [0.2, 0.25) is 0 Å². The smallest absolute Gasteiger partial charge is 0.306 e. The van der Waals surface area contributed by atoms with E-state index in [1.54, 1.807) is 0 Å². The Morgan fingerprint density at radius 2 is 1.76 bits per heavy atom. The number of aliphatic hydroxyl groups excluding tert-OH is 1. The van der Waals surface area contributed by atoms with Crippen molar-refractivity contribution in [3.8, 4) is 0 Å². The SMILES string of the molecule is CC(C)OC(=O)CCCCCC[C@@H]1[C@@H](c2ccc(C(C)(C)C)cc2)[C@H](O)C[C@H]1Cl. The summed E-state index contributed by atoms with van der Waals surface area (Å²) in [5, 5.41) is 10.7. The van der Waals surface area contributed by atoms with Gasteiger partial charge < -0.3 is 9.84 Å². The molecule has 1 N–H and O–H groups in total. The Kier molecular flexibility index (Phi) is 9.03. The first-order chi connectivity index (χ1) is 13.6. The van der Waals surface area contributed by atoms with Gasteiger partial charge >= 0.3 is 5.97 Å². The van der Waals surface area contributed by atoms with Crippen molar-refractivity contribution in [3.63, 3.8) is 0 Å². The van der Waals surface area contributed by atoms with Crippen LogP contribution in [0.1, 0.15) is 96.6 Å². The van der Waals surface area contributed by atoms with Gasteiger partial charge in [0.05, 0.1) is 12.2 Å². The van der Waals surface area contributed by atoms with Gasteiger partial charge in [0, 0.05) is 17.7 Å². The molecule has 1 aliphatic rings. The van der Waals surface area contributed by atoms with Crippen molar-refractivity contribution in [1.82, 2.24) is 0 Å². The molecule has 1 aromatic rings. The number of hydrogen-bond donors (Lipinski definition) is 1. The van der Waals surface area contributed by atoms with Crippen LogP contribution in [0.25, 0.3) is 0 Å². The standard InChI is InChI=1S/C25H39ClO3/c1-17(2)29-23(28)11-9-7-6-8-10-20-21(26)16-22(27)24(20)18-12-14-19(15-13-18)25(3,4)5/h12-15,17,20-22,24,27H,6-11,16H2,1-5H3/t20-,21+,22+,24+/m0/s1. The zero-order valence-corrected chi connectivity index (χ0v) is 19.5. The molecule has 1 fully saturated rings. The van der Waals surface area contributed by atoms with E-state index in [0.717, 1.165) is 32.1 Å². The second-order valence-corrected chi connectivity index (χ2v) is 10.4. The maximum absolute atomic E-state index is 11.6. The van der Waals surface area contributed by atoms with Gasteiger partial charge in [-0.25, -0.2) is 0 Å². The summed E-state index contributed by atoms with van der Waals surface area (Å²) in [6.07, 6.45) is 5.85. The molecule has 2 rings (SSSR count). The van der Waals surface area contributed by atoms with Crippen LogP contribution in [-0.2, 0) is 14.9 Å². The molecule has 29 heavy (non-hydrogen) atoms. The van der Waals surface area contributed by atoms with Gasteiger partial charge in [-0.1, -0.05) is 64.3 Å². The van der Waals surface area contributed by atoms with Crippen molar-refractivity contribution in [2.24, 2.45) is 5.92 Å². The third kappa shape index (κ3) is 7.29. The van der Waals surface area contributed by atoms with Crippen molar-refractivity contribution in [3.05, 3.63) is 35.4 Å². The highest BCUT2D eigenvalue weighted by atomic mass is 35.5. The topological polar surface area (TPSA) is 46.5 Å². The van der Waals surface area contributed by atoms with Gasteiger partial charge in [-0.15, -0.1) is 11.6 Å². The van der Waals surface area contributed by atoms with Crippen molar-refractivity contribution in [2.75, 3.05) is 0 Å². The number of rotatable bonds is 9. The summed E-state index contributed by atoms with van der Waals surface area (Å²) in [6.45, 7) is 10.4. The summed E-state index contributed by atoms with van der Waals surface area (Å²) in [4.78, 5) is 11.6. The Labute approximate surface area is 182 Å². The van der Waals surface area contributed by atoms with E-state index >= 15 is 0 Å². The van der Waals surface area contributed by atoms with Gasteiger partial charge in [-0.3, -0.25) is 4.79 Å². The summed E-state index contributed by atoms with van der Waals surface area (Å²) < 4.78 is 5.17. The third-order valence-electron chi connectivity index (χ3n) is 6.00. The number of ether oxygens (including phenoxy) is 1. The Bertz CT molecular complexity index is 632. The second-order valence-electron chi connectivity index (χ2n) is 9.87. The van der Waals surface area contributed by atoms with E-state index in [1.807, 2.05) is 13.8 Å². The van der Waals surface area contributed by atoms with Gasteiger partial charge in [0.25, 0.3) is 0 Å². The lowest BCUT2D eigenvalue weighted by Crippen LogP contribution is -2.19. The molecule has 0 saturated heterocycles. The molecule has 3 nitrogen and oxygen atoms in total. The lowest BCUT2D eigenvalue weighted by Gasteiger charge is -2.25. The molecule has 0 radical (unpaired) electrons. The van der Waals surface area contributed by atoms with E-state index < -0.39 is 0 Å². The van der Waals surface area contributed by atoms with Crippen LogP contribution in [-0.4, -0.2) is 28.7 Å². The number of halogens is 1. The minimum atomic E-state index is -0.367. The predicted molar refractivity (Wildman–Crippen MR) is 121 cm³/mol. The highest BCUT2D eigenvalue weighted by molar-refractivity contribution is 6.21. The molecule has 4 atom stereocenters. The largest absolute Gasteiger partial charge is 0.463 e. The molecule has 0 bridgehead atoms. The monoisotopic (exact) mass is 422 g/mol. The van der Waals surface area contributed by atoms with E-state index in [4.69, 9.17) is 16.3 Å². The molecule has 0 amide bonds. The molecule has 1 aliphatic carbocycles. The second kappa shape index (κ2) is 10.8. The Morgan fingerprint density at radius 3 is 2.34 bits per heavy atom. The fourth-order valence-corrected chi connectivity index (χ4v) is 4.89. The average Bonchev–Trinajstić information content (AvgIpc) is 2.90. The normalized spacial score (nSPS) is 24.8. The van der Waals surface area contributed by atoms with Gasteiger partial charge in [-0.2, -0.15) is 0 Å². The van der Waals surface area contributed by atoms with Gasteiger partial charge in [-0.05, 0) is 55.6 Å². The average molecular weight is 423 g/mol. The molecule has 0 aliphatic heterocycles. The van der Waals surface area contributed by atoms with Crippen LogP contribution in [0.15, 0.2) is 24.3 Å². The molecule has 0 unspecified atom stereocenters. The number of unbranched alkanes of at least 4 members (excludes halogenated alkanes) is 3. The zero-order chi connectivity index (χ0) is 21.6. The number of carbonyl (C=O) groups is 1. The summed E-state index contributed by atoms with van der Waals surface area (Å²) in [5.41, 5.74) is 2.64. The first-order valence-corrected chi connectivity index (χ1v) is 11.6. The number of hydrogen-bond acceptors (Lipinski definition) is 3. The first kappa shape index (κ1) is 24.2. The van der Waals surface area contributed by atoms with Crippen LogP contribution in [0.3, 0.4) is 0 Å². The number of alkyl halides is 1. The summed E-state index contributed by atoms with van der Waals surface area (Å²) >= 11 is 6.63. The molecule has 0 aromatic heterocycles. The van der Waals surface area contributed by atoms with Crippen molar-refractivity contribution < 1.29 is 14.6 Å². The molecule has 1 saturated carbocycles. The summed E-state index contributed by atoms with van der Waals surface area (Å²) in [5.74, 6) is 0.323. The predicted octanol–water partition coefficient (Wildman–Crippen LogP) is 6.35. The van der Waals surface area contributed by atoms with Crippen molar-refractivity contribution in [2.45, 2.75) is 108 Å². The minimum absolute atomic E-state index is 0.0262. The van der Waals surface area contributed by atoms with E-state index in [1.165, 1.54) is 11.1 Å². The van der Waals surface area contributed by atoms with Crippen LogP contribution in [0.2, 0.25) is 0 Å². The Balaban J connectivity index is 1.84. The lowest BCUT2D eigenvalue weighted by molar-refractivity contribution is -0.147. The number of aliphatic hydroxyl groups is 1. The van der Waals surface area contributed by atoms with E-state index in [-0.39, 0.29) is 34.9 Å². The zero-order valence-electron chi connectivity index (χ0n) is 18.8. The maximum atomic E-state index is 11.6. The van der Waals surface area contributed by atoms with Gasteiger partial charge in [0.15, 0.2) is 0 Å².